The van der Waals surface area contributed by atoms with Crippen molar-refractivity contribution in [1.82, 2.24) is 0 Å². The van der Waals surface area contributed by atoms with Gasteiger partial charge in [-0.25, -0.2) is 0 Å². The highest BCUT2D eigenvalue weighted by molar-refractivity contribution is 5.92. The molecule has 3 rings (SSSR count). The number of fused-ring (bicyclic) bond motifs is 3. The molecule has 0 aromatic heterocycles. The van der Waals surface area contributed by atoms with E-state index in [4.69, 9.17) is 9.47 Å². The number of rotatable bonds is 2. The van der Waals surface area contributed by atoms with E-state index in [0.29, 0.717) is 19.3 Å². The van der Waals surface area contributed by atoms with Gasteiger partial charge in [-0.05, 0) is 38.5 Å². The predicted octanol–water partition coefficient (Wildman–Crippen LogP) is 1.74. The number of hydrogen-bond donors (Lipinski definition) is 3. The van der Waals surface area contributed by atoms with Crippen molar-refractivity contribution in [3.63, 3.8) is 0 Å². The standard InChI is InChI=1S/C22H36O7/c1-8-19(5)11-14(25)22(27)20(6)13(24)9-10-18(3,4)16(20)15(26)17(28-12(2)23)21(22,7)29-19/h13,15-17,24,26-27H,8-11H2,1-7H3/t13-,15?,16-,17-,19-,20?,21+,22-/m0/s1. The number of carbonyl (C=O) groups excluding carboxylic acids is 2. The predicted molar refractivity (Wildman–Crippen MR) is 105 cm³/mol. The Morgan fingerprint density at radius 2 is 1.79 bits per heavy atom. The van der Waals surface area contributed by atoms with Crippen LogP contribution in [-0.4, -0.2) is 62.2 Å². The molecule has 0 spiro atoms. The molecule has 29 heavy (non-hydrogen) atoms. The number of Topliss-reactive ketones (excluding diaryl/α,β-unsaturated/α-hetero) is 1. The fraction of sp³-hybridized carbons (Fsp3) is 0.909. The SMILES string of the molecule is CC[C@@]1(C)CC(=O)[C@]2(O)C3(C)[C@@H](O)CCC(C)(C)[C@@H]3C(O)[C@H](OC(C)=O)[C@@]2(C)O1. The number of aliphatic hydroxyl groups is 3. The van der Waals surface area contributed by atoms with Gasteiger partial charge in [0.15, 0.2) is 17.5 Å². The molecule has 1 heterocycles. The average Bonchev–Trinajstić information content (AvgIpc) is 2.59. The zero-order valence-corrected chi connectivity index (χ0v) is 18.6. The van der Waals surface area contributed by atoms with E-state index in [-0.39, 0.29) is 6.42 Å². The van der Waals surface area contributed by atoms with Gasteiger partial charge in [-0.3, -0.25) is 9.59 Å². The van der Waals surface area contributed by atoms with Gasteiger partial charge < -0.3 is 24.8 Å². The van der Waals surface area contributed by atoms with E-state index in [9.17, 15) is 24.9 Å². The highest BCUT2D eigenvalue weighted by Crippen LogP contribution is 2.67. The lowest BCUT2D eigenvalue weighted by Crippen LogP contribution is -2.86. The van der Waals surface area contributed by atoms with Gasteiger partial charge in [0.25, 0.3) is 0 Å². The van der Waals surface area contributed by atoms with Crippen molar-refractivity contribution in [2.75, 3.05) is 0 Å². The Kier molecular flexibility index (Phi) is 5.07. The first-order chi connectivity index (χ1) is 13.1. The van der Waals surface area contributed by atoms with Crippen LogP contribution in [0, 0.1) is 16.7 Å². The number of ether oxygens (including phenoxy) is 2. The maximum Gasteiger partial charge on any atom is 0.303 e. The molecule has 166 valence electrons. The van der Waals surface area contributed by atoms with E-state index in [1.165, 1.54) is 13.8 Å². The van der Waals surface area contributed by atoms with Crippen LogP contribution in [0.4, 0.5) is 0 Å². The van der Waals surface area contributed by atoms with Crippen LogP contribution in [0.25, 0.3) is 0 Å². The van der Waals surface area contributed by atoms with E-state index in [2.05, 4.69) is 0 Å². The number of carbonyl (C=O) groups is 2. The first-order valence-corrected chi connectivity index (χ1v) is 10.6. The molecule has 2 unspecified atom stereocenters. The largest absolute Gasteiger partial charge is 0.457 e. The third kappa shape index (κ3) is 2.70. The van der Waals surface area contributed by atoms with Crippen molar-refractivity contribution in [2.24, 2.45) is 16.7 Å². The van der Waals surface area contributed by atoms with Crippen LogP contribution < -0.4 is 0 Å². The van der Waals surface area contributed by atoms with Crippen LogP contribution in [0.3, 0.4) is 0 Å². The zero-order valence-electron chi connectivity index (χ0n) is 18.6. The van der Waals surface area contributed by atoms with Crippen LogP contribution >= 0.6 is 0 Å². The van der Waals surface area contributed by atoms with Gasteiger partial charge in [0.2, 0.25) is 0 Å². The van der Waals surface area contributed by atoms with E-state index >= 15 is 0 Å². The van der Waals surface area contributed by atoms with Crippen LogP contribution in [0.5, 0.6) is 0 Å². The van der Waals surface area contributed by atoms with Crippen LogP contribution in [0.2, 0.25) is 0 Å². The summed E-state index contributed by atoms with van der Waals surface area (Å²) in [6.45, 7) is 12.0. The summed E-state index contributed by atoms with van der Waals surface area (Å²) < 4.78 is 11.9. The third-order valence-corrected chi connectivity index (χ3v) is 8.37. The Morgan fingerprint density at radius 3 is 2.31 bits per heavy atom. The summed E-state index contributed by atoms with van der Waals surface area (Å²) in [7, 11) is 0. The molecule has 8 atom stereocenters. The minimum atomic E-state index is -2.13. The summed E-state index contributed by atoms with van der Waals surface area (Å²) >= 11 is 0. The van der Waals surface area contributed by atoms with Crippen molar-refractivity contribution in [3.8, 4) is 0 Å². The molecule has 0 radical (unpaired) electrons. The first kappa shape index (κ1) is 22.7. The van der Waals surface area contributed by atoms with E-state index in [0.717, 1.165) is 0 Å². The highest BCUT2D eigenvalue weighted by atomic mass is 16.6. The molecule has 0 amide bonds. The smallest absolute Gasteiger partial charge is 0.303 e. The molecule has 7 nitrogen and oxygen atoms in total. The Bertz CT molecular complexity index is 720. The molecule has 3 aliphatic rings. The lowest BCUT2D eigenvalue weighted by molar-refractivity contribution is -0.375. The Labute approximate surface area is 172 Å². The Morgan fingerprint density at radius 1 is 1.21 bits per heavy atom. The topological polar surface area (TPSA) is 113 Å². The molecule has 1 saturated heterocycles. The van der Waals surface area contributed by atoms with Crippen molar-refractivity contribution in [1.29, 1.82) is 0 Å². The molecular weight excluding hydrogens is 376 g/mol. The molecule has 3 N–H and O–H groups in total. The second-order valence-electron chi connectivity index (χ2n) is 10.6. The van der Waals surface area contributed by atoms with Crippen LogP contribution in [0.1, 0.15) is 74.1 Å². The molecule has 0 bridgehead atoms. The van der Waals surface area contributed by atoms with Gasteiger partial charge >= 0.3 is 5.97 Å². The molecule has 0 aromatic rings. The van der Waals surface area contributed by atoms with Gasteiger partial charge in [0.1, 0.15) is 5.60 Å². The second kappa shape index (κ2) is 6.49. The number of aliphatic hydroxyl groups excluding tert-OH is 2. The number of esters is 1. The highest BCUT2D eigenvalue weighted by Gasteiger charge is 2.81. The number of hydrogen-bond acceptors (Lipinski definition) is 7. The molecule has 1 aliphatic heterocycles. The molecule has 7 heteroatoms. The maximum atomic E-state index is 13.6. The first-order valence-electron chi connectivity index (χ1n) is 10.6. The van der Waals surface area contributed by atoms with E-state index in [1.54, 1.807) is 13.8 Å². The van der Waals surface area contributed by atoms with Crippen molar-refractivity contribution in [3.05, 3.63) is 0 Å². The summed E-state index contributed by atoms with van der Waals surface area (Å²) in [6, 6.07) is 0. The van der Waals surface area contributed by atoms with Crippen molar-refractivity contribution < 1.29 is 34.4 Å². The second-order valence-corrected chi connectivity index (χ2v) is 10.6. The monoisotopic (exact) mass is 412 g/mol. The molecule has 3 fully saturated rings. The molecule has 2 saturated carbocycles. The van der Waals surface area contributed by atoms with Gasteiger partial charge in [-0.15, -0.1) is 0 Å². The summed E-state index contributed by atoms with van der Waals surface area (Å²) in [5.74, 6) is -1.75. The minimum Gasteiger partial charge on any atom is -0.457 e. The molecular formula is C22H36O7. The Balaban J connectivity index is 2.31. The normalized spacial score (nSPS) is 51.7. The quantitative estimate of drug-likeness (QED) is 0.592. The van der Waals surface area contributed by atoms with Gasteiger partial charge in [-0.1, -0.05) is 27.7 Å². The summed E-state index contributed by atoms with van der Waals surface area (Å²) in [5, 5.41) is 34.8. The van der Waals surface area contributed by atoms with Gasteiger partial charge in [0.05, 0.1) is 17.8 Å². The van der Waals surface area contributed by atoms with E-state index in [1.807, 2.05) is 20.8 Å². The van der Waals surface area contributed by atoms with Crippen LogP contribution in [0.15, 0.2) is 0 Å². The van der Waals surface area contributed by atoms with Crippen molar-refractivity contribution >= 4 is 11.8 Å². The summed E-state index contributed by atoms with van der Waals surface area (Å²) in [4.78, 5) is 25.6. The Hall–Kier alpha value is -1.02. The fourth-order valence-corrected chi connectivity index (χ4v) is 6.79. The summed E-state index contributed by atoms with van der Waals surface area (Å²) in [5.41, 5.74) is -6.59. The zero-order chi connectivity index (χ0) is 22.2. The van der Waals surface area contributed by atoms with Crippen LogP contribution in [-0.2, 0) is 19.1 Å². The third-order valence-electron chi connectivity index (χ3n) is 8.37. The molecule has 0 aromatic carbocycles. The van der Waals surface area contributed by atoms with Gasteiger partial charge in [0, 0.05) is 24.7 Å². The minimum absolute atomic E-state index is 0.0199. The van der Waals surface area contributed by atoms with Crippen molar-refractivity contribution in [2.45, 2.75) is 109 Å². The lowest BCUT2D eigenvalue weighted by Gasteiger charge is -2.71. The van der Waals surface area contributed by atoms with E-state index < -0.39 is 63.6 Å². The number of ketones is 1. The van der Waals surface area contributed by atoms with Gasteiger partial charge in [-0.2, -0.15) is 0 Å². The maximum absolute atomic E-state index is 13.6. The lowest BCUT2D eigenvalue weighted by atomic mass is 9.39. The molecule has 2 aliphatic carbocycles. The fourth-order valence-electron chi connectivity index (χ4n) is 6.79. The summed E-state index contributed by atoms with van der Waals surface area (Å²) in [6.07, 6.45) is -2.01. The average molecular weight is 413 g/mol.